The maximum atomic E-state index is 12.4. The van der Waals surface area contributed by atoms with Crippen LogP contribution in [0.3, 0.4) is 0 Å². The first-order chi connectivity index (χ1) is 13.5. The predicted octanol–water partition coefficient (Wildman–Crippen LogP) is 4.29. The maximum absolute atomic E-state index is 12.4. The zero-order valence-corrected chi connectivity index (χ0v) is 17.4. The smallest absolute Gasteiger partial charge is 0.307 e. The Hall–Kier alpha value is -3.00. The first-order valence-electron chi connectivity index (χ1n) is 8.30. The number of hydrogen-bond acceptors (Lipinski definition) is 6. The minimum Gasteiger partial charge on any atom is -0.493 e. The number of furan rings is 1. The average molecular weight is 447 g/mol. The molecule has 0 atom stereocenters. The minimum atomic E-state index is -0.469. The number of methoxy groups -OCH3 is 3. The summed E-state index contributed by atoms with van der Waals surface area (Å²) in [6.07, 6.45) is 1.54. The largest absolute Gasteiger partial charge is 0.493 e. The van der Waals surface area contributed by atoms with E-state index in [9.17, 15) is 4.79 Å². The summed E-state index contributed by atoms with van der Waals surface area (Å²) in [5, 5.41) is 4.76. The van der Waals surface area contributed by atoms with E-state index >= 15 is 0 Å². The third-order valence-corrected chi connectivity index (χ3v) is 4.59. The van der Waals surface area contributed by atoms with Crippen molar-refractivity contribution in [2.24, 2.45) is 5.10 Å². The van der Waals surface area contributed by atoms with Crippen LogP contribution in [0.5, 0.6) is 17.2 Å². The Morgan fingerprint density at radius 3 is 2.39 bits per heavy atom. The molecule has 146 valence electrons. The van der Waals surface area contributed by atoms with Gasteiger partial charge in [0.25, 0.3) is 0 Å². The molecule has 0 saturated heterocycles. The molecule has 0 fully saturated rings. The van der Waals surface area contributed by atoms with E-state index in [-0.39, 0.29) is 5.76 Å². The van der Waals surface area contributed by atoms with Crippen molar-refractivity contribution >= 4 is 39.0 Å². The summed E-state index contributed by atoms with van der Waals surface area (Å²) in [5.74, 6) is 1.41. The SMILES string of the molecule is COc1cc(C)c(/C=N\NC(=O)c2cc3cc(Br)cc(OC)c3o2)cc1OC. The molecule has 3 aromatic rings. The van der Waals surface area contributed by atoms with Crippen molar-refractivity contribution in [1.29, 1.82) is 0 Å². The summed E-state index contributed by atoms with van der Waals surface area (Å²) >= 11 is 3.40. The number of carbonyl (C=O) groups excluding carboxylic acids is 1. The second-order valence-electron chi connectivity index (χ2n) is 5.90. The van der Waals surface area contributed by atoms with Crippen molar-refractivity contribution in [3.63, 3.8) is 0 Å². The Morgan fingerprint density at radius 1 is 1.04 bits per heavy atom. The Bertz CT molecular complexity index is 1060. The number of fused-ring (bicyclic) bond motifs is 1. The molecule has 7 nitrogen and oxygen atoms in total. The third kappa shape index (κ3) is 3.96. The minimum absolute atomic E-state index is 0.132. The summed E-state index contributed by atoms with van der Waals surface area (Å²) in [4.78, 5) is 12.4. The normalized spacial score (nSPS) is 11.0. The summed E-state index contributed by atoms with van der Waals surface area (Å²) < 4.78 is 22.3. The Balaban J connectivity index is 1.80. The van der Waals surface area contributed by atoms with Gasteiger partial charge in [-0.15, -0.1) is 0 Å². The molecule has 0 aliphatic carbocycles. The molecular weight excluding hydrogens is 428 g/mol. The van der Waals surface area contributed by atoms with Gasteiger partial charge in [-0.05, 0) is 42.8 Å². The number of aryl methyl sites for hydroxylation is 1. The Kier molecular flexibility index (Phi) is 5.89. The van der Waals surface area contributed by atoms with Crippen molar-refractivity contribution in [3.05, 3.63) is 51.7 Å². The van der Waals surface area contributed by atoms with Crippen LogP contribution in [0.25, 0.3) is 11.0 Å². The van der Waals surface area contributed by atoms with Crippen LogP contribution in [-0.2, 0) is 0 Å². The fraction of sp³-hybridized carbons (Fsp3) is 0.200. The van der Waals surface area contributed by atoms with Crippen molar-refractivity contribution in [2.75, 3.05) is 21.3 Å². The van der Waals surface area contributed by atoms with Crippen molar-refractivity contribution in [3.8, 4) is 17.2 Å². The van der Waals surface area contributed by atoms with Crippen LogP contribution in [-0.4, -0.2) is 33.5 Å². The molecule has 0 radical (unpaired) electrons. The zero-order valence-electron chi connectivity index (χ0n) is 15.8. The van der Waals surface area contributed by atoms with Crippen LogP contribution < -0.4 is 19.6 Å². The zero-order chi connectivity index (χ0) is 20.3. The molecule has 0 saturated carbocycles. The van der Waals surface area contributed by atoms with Crippen molar-refractivity contribution in [2.45, 2.75) is 6.92 Å². The standard InChI is InChI=1S/C20H19BrN2O5/c1-11-5-15(25-2)16(26-3)8-13(11)10-22-23-20(24)18-7-12-6-14(21)9-17(27-4)19(12)28-18/h5-10H,1-4H3,(H,23,24)/b22-10-. The number of carbonyl (C=O) groups is 1. The van der Waals surface area contributed by atoms with Gasteiger partial charge in [0, 0.05) is 15.4 Å². The van der Waals surface area contributed by atoms with Gasteiger partial charge in [-0.2, -0.15) is 5.10 Å². The number of amides is 1. The Labute approximate surface area is 170 Å². The summed E-state index contributed by atoms with van der Waals surface area (Å²) in [5.41, 5.74) is 4.67. The third-order valence-electron chi connectivity index (χ3n) is 4.13. The summed E-state index contributed by atoms with van der Waals surface area (Å²) in [7, 11) is 4.68. The molecule has 28 heavy (non-hydrogen) atoms. The molecule has 1 N–H and O–H groups in total. The first kappa shape index (κ1) is 19.8. The highest BCUT2D eigenvalue weighted by Crippen LogP contribution is 2.32. The number of halogens is 1. The topological polar surface area (TPSA) is 82.3 Å². The second-order valence-corrected chi connectivity index (χ2v) is 6.82. The van der Waals surface area contributed by atoms with E-state index in [0.29, 0.717) is 22.8 Å². The Morgan fingerprint density at radius 2 is 1.71 bits per heavy atom. The van der Waals surface area contributed by atoms with E-state index in [2.05, 4.69) is 26.5 Å². The van der Waals surface area contributed by atoms with E-state index in [1.807, 2.05) is 19.1 Å². The number of ether oxygens (including phenoxy) is 3. The lowest BCUT2D eigenvalue weighted by molar-refractivity contribution is 0.0929. The molecule has 3 rings (SSSR count). The highest BCUT2D eigenvalue weighted by Gasteiger charge is 2.15. The van der Waals surface area contributed by atoms with Crippen LogP contribution in [0.15, 0.2) is 44.3 Å². The molecule has 2 aromatic carbocycles. The number of benzene rings is 2. The van der Waals surface area contributed by atoms with Crippen molar-refractivity contribution < 1.29 is 23.4 Å². The predicted molar refractivity (Wildman–Crippen MR) is 110 cm³/mol. The fourth-order valence-electron chi connectivity index (χ4n) is 2.70. The fourth-order valence-corrected chi connectivity index (χ4v) is 3.15. The summed E-state index contributed by atoms with van der Waals surface area (Å²) in [6.45, 7) is 1.91. The molecule has 0 aliphatic heterocycles. The van der Waals surface area contributed by atoms with E-state index < -0.39 is 5.91 Å². The van der Waals surface area contributed by atoms with Crippen molar-refractivity contribution in [1.82, 2.24) is 5.43 Å². The molecule has 1 heterocycles. The van der Waals surface area contributed by atoms with E-state index in [1.54, 1.807) is 39.5 Å². The van der Waals surface area contributed by atoms with Crippen LogP contribution in [0, 0.1) is 6.92 Å². The van der Waals surface area contributed by atoms with Gasteiger partial charge < -0.3 is 18.6 Å². The molecule has 0 aliphatic rings. The first-order valence-corrected chi connectivity index (χ1v) is 9.09. The number of rotatable bonds is 6. The molecule has 8 heteroatoms. The van der Waals surface area contributed by atoms with Gasteiger partial charge >= 0.3 is 5.91 Å². The van der Waals surface area contributed by atoms with Crippen LogP contribution in [0.4, 0.5) is 0 Å². The van der Waals surface area contributed by atoms with E-state index in [0.717, 1.165) is 21.0 Å². The van der Waals surface area contributed by atoms with Gasteiger partial charge in [0.2, 0.25) is 0 Å². The van der Waals surface area contributed by atoms with Gasteiger partial charge in [0.15, 0.2) is 28.6 Å². The van der Waals surface area contributed by atoms with Crippen LogP contribution >= 0.6 is 15.9 Å². The van der Waals surface area contributed by atoms with Gasteiger partial charge in [-0.3, -0.25) is 4.79 Å². The van der Waals surface area contributed by atoms with Gasteiger partial charge in [-0.1, -0.05) is 15.9 Å². The summed E-state index contributed by atoms with van der Waals surface area (Å²) in [6, 6.07) is 8.87. The quantitative estimate of drug-likeness (QED) is 0.450. The van der Waals surface area contributed by atoms with Crippen LogP contribution in [0.1, 0.15) is 21.7 Å². The monoisotopic (exact) mass is 446 g/mol. The highest BCUT2D eigenvalue weighted by atomic mass is 79.9. The molecule has 0 unspecified atom stereocenters. The maximum Gasteiger partial charge on any atom is 0.307 e. The van der Waals surface area contributed by atoms with E-state index in [4.69, 9.17) is 18.6 Å². The number of hydrazone groups is 1. The van der Waals surface area contributed by atoms with Gasteiger partial charge in [-0.25, -0.2) is 5.43 Å². The molecule has 0 spiro atoms. The van der Waals surface area contributed by atoms with E-state index in [1.165, 1.54) is 6.21 Å². The molecule has 0 bridgehead atoms. The van der Waals surface area contributed by atoms with Gasteiger partial charge in [0.1, 0.15) is 0 Å². The number of nitrogens with one attached hydrogen (secondary N) is 1. The average Bonchev–Trinajstić information content (AvgIpc) is 3.12. The molecular formula is C20H19BrN2O5. The lowest BCUT2D eigenvalue weighted by atomic mass is 10.1. The highest BCUT2D eigenvalue weighted by molar-refractivity contribution is 9.10. The van der Waals surface area contributed by atoms with Gasteiger partial charge in [0.05, 0.1) is 27.5 Å². The number of hydrogen-bond donors (Lipinski definition) is 1. The molecule has 1 amide bonds. The lowest BCUT2D eigenvalue weighted by Crippen LogP contribution is -2.16. The molecule has 1 aromatic heterocycles. The van der Waals surface area contributed by atoms with Crippen LogP contribution in [0.2, 0.25) is 0 Å². The second kappa shape index (κ2) is 8.35. The lowest BCUT2D eigenvalue weighted by Gasteiger charge is -2.10. The number of nitrogens with zero attached hydrogens (tertiary/aromatic N) is 1.